The maximum absolute atomic E-state index is 12.2. The van der Waals surface area contributed by atoms with Gasteiger partial charge in [-0.25, -0.2) is 4.79 Å². The van der Waals surface area contributed by atoms with Gasteiger partial charge in [-0.15, -0.1) is 10.2 Å². The standard InChI is InChI=1S/C16H17N3O4/c1-9-18-19-15(23-9)12-6-4-11(5-7-12)14(20)17-13(16(21)22)8-10-2-3-10/h4-7,10,13H,2-3,8H2,1H3,(H,17,20)(H,21,22). The zero-order valence-electron chi connectivity index (χ0n) is 12.7. The molecule has 1 fully saturated rings. The topological polar surface area (TPSA) is 105 Å². The van der Waals surface area contributed by atoms with Crippen molar-refractivity contribution < 1.29 is 19.1 Å². The predicted molar refractivity (Wildman–Crippen MR) is 80.7 cm³/mol. The first-order valence-electron chi connectivity index (χ1n) is 7.47. The number of carbonyl (C=O) groups is 2. The summed E-state index contributed by atoms with van der Waals surface area (Å²) >= 11 is 0. The Hall–Kier alpha value is -2.70. The Morgan fingerprint density at radius 3 is 2.52 bits per heavy atom. The van der Waals surface area contributed by atoms with Gasteiger partial charge < -0.3 is 14.8 Å². The van der Waals surface area contributed by atoms with E-state index >= 15 is 0 Å². The van der Waals surface area contributed by atoms with E-state index in [2.05, 4.69) is 15.5 Å². The van der Waals surface area contributed by atoms with Gasteiger partial charge in [-0.2, -0.15) is 0 Å². The van der Waals surface area contributed by atoms with Crippen LogP contribution in [0.3, 0.4) is 0 Å². The van der Waals surface area contributed by atoms with Crippen molar-refractivity contribution in [2.45, 2.75) is 32.2 Å². The van der Waals surface area contributed by atoms with E-state index in [4.69, 9.17) is 4.42 Å². The van der Waals surface area contributed by atoms with Crippen molar-refractivity contribution in [1.29, 1.82) is 0 Å². The summed E-state index contributed by atoms with van der Waals surface area (Å²) in [7, 11) is 0. The fourth-order valence-corrected chi connectivity index (χ4v) is 2.33. The maximum Gasteiger partial charge on any atom is 0.326 e. The molecule has 1 saturated carbocycles. The Kier molecular flexibility index (Phi) is 4.10. The average Bonchev–Trinajstić information content (AvgIpc) is 3.25. The van der Waals surface area contributed by atoms with Crippen LogP contribution in [0, 0.1) is 12.8 Å². The number of benzene rings is 1. The lowest BCUT2D eigenvalue weighted by Gasteiger charge is -2.14. The molecule has 1 aromatic heterocycles. The van der Waals surface area contributed by atoms with Crippen LogP contribution >= 0.6 is 0 Å². The van der Waals surface area contributed by atoms with Crippen molar-refractivity contribution in [3.8, 4) is 11.5 Å². The minimum absolute atomic E-state index is 0.381. The second-order valence-corrected chi connectivity index (χ2v) is 5.75. The molecule has 1 aliphatic carbocycles. The van der Waals surface area contributed by atoms with Crippen molar-refractivity contribution in [1.82, 2.24) is 15.5 Å². The molecule has 120 valence electrons. The molecule has 0 radical (unpaired) electrons. The van der Waals surface area contributed by atoms with E-state index in [1.165, 1.54) is 0 Å². The second-order valence-electron chi connectivity index (χ2n) is 5.75. The van der Waals surface area contributed by atoms with Crippen molar-refractivity contribution in [3.63, 3.8) is 0 Å². The number of aryl methyl sites for hydroxylation is 1. The van der Waals surface area contributed by atoms with Crippen LogP contribution in [0.5, 0.6) is 0 Å². The quantitative estimate of drug-likeness (QED) is 0.845. The fraction of sp³-hybridized carbons (Fsp3) is 0.375. The van der Waals surface area contributed by atoms with Gasteiger partial charge in [-0.05, 0) is 36.6 Å². The third-order valence-electron chi connectivity index (χ3n) is 3.79. The molecule has 23 heavy (non-hydrogen) atoms. The smallest absolute Gasteiger partial charge is 0.326 e. The van der Waals surface area contributed by atoms with E-state index in [0.29, 0.717) is 35.2 Å². The molecular weight excluding hydrogens is 298 g/mol. The van der Waals surface area contributed by atoms with Crippen LogP contribution < -0.4 is 5.32 Å². The molecule has 1 aliphatic rings. The highest BCUT2D eigenvalue weighted by Crippen LogP contribution is 2.33. The lowest BCUT2D eigenvalue weighted by molar-refractivity contribution is -0.139. The van der Waals surface area contributed by atoms with E-state index in [1.54, 1.807) is 31.2 Å². The molecule has 2 N–H and O–H groups in total. The molecule has 1 atom stereocenters. The van der Waals surface area contributed by atoms with Crippen LogP contribution in [0.4, 0.5) is 0 Å². The fourth-order valence-electron chi connectivity index (χ4n) is 2.33. The first kappa shape index (κ1) is 15.2. The zero-order chi connectivity index (χ0) is 16.4. The lowest BCUT2D eigenvalue weighted by atomic mass is 10.1. The molecule has 1 heterocycles. The molecular formula is C16H17N3O4. The van der Waals surface area contributed by atoms with Gasteiger partial charge >= 0.3 is 5.97 Å². The summed E-state index contributed by atoms with van der Waals surface area (Å²) < 4.78 is 5.32. The van der Waals surface area contributed by atoms with Crippen LogP contribution in [-0.2, 0) is 4.79 Å². The van der Waals surface area contributed by atoms with Crippen LogP contribution in [0.25, 0.3) is 11.5 Å². The van der Waals surface area contributed by atoms with E-state index in [9.17, 15) is 14.7 Å². The Balaban J connectivity index is 1.68. The molecule has 1 aromatic carbocycles. The summed E-state index contributed by atoms with van der Waals surface area (Å²) in [5.74, 6) is -0.133. The van der Waals surface area contributed by atoms with Crippen molar-refractivity contribution >= 4 is 11.9 Å². The average molecular weight is 315 g/mol. The van der Waals surface area contributed by atoms with E-state index in [0.717, 1.165) is 12.8 Å². The minimum Gasteiger partial charge on any atom is -0.480 e. The van der Waals surface area contributed by atoms with E-state index < -0.39 is 17.9 Å². The van der Waals surface area contributed by atoms with Gasteiger partial charge in [0.25, 0.3) is 5.91 Å². The number of aliphatic carboxylic acids is 1. The van der Waals surface area contributed by atoms with E-state index in [-0.39, 0.29) is 0 Å². The molecule has 7 nitrogen and oxygen atoms in total. The number of hydrogen-bond acceptors (Lipinski definition) is 5. The summed E-state index contributed by atoms with van der Waals surface area (Å²) in [5.41, 5.74) is 1.10. The molecule has 3 rings (SSSR count). The first-order chi connectivity index (χ1) is 11.0. The van der Waals surface area contributed by atoms with Gasteiger partial charge in [-0.3, -0.25) is 4.79 Å². The largest absolute Gasteiger partial charge is 0.480 e. The van der Waals surface area contributed by atoms with Crippen molar-refractivity contribution in [2.24, 2.45) is 5.92 Å². The molecule has 0 aliphatic heterocycles. The number of amides is 1. The van der Waals surface area contributed by atoms with Gasteiger partial charge in [0.15, 0.2) is 0 Å². The molecule has 0 spiro atoms. The third-order valence-corrected chi connectivity index (χ3v) is 3.79. The SMILES string of the molecule is Cc1nnc(-c2ccc(C(=O)NC(CC3CC3)C(=O)O)cc2)o1. The first-order valence-corrected chi connectivity index (χ1v) is 7.47. The maximum atomic E-state index is 12.2. The third kappa shape index (κ3) is 3.74. The lowest BCUT2D eigenvalue weighted by Crippen LogP contribution is -2.41. The van der Waals surface area contributed by atoms with Gasteiger partial charge in [0.2, 0.25) is 11.8 Å². The highest BCUT2D eigenvalue weighted by Gasteiger charge is 2.30. The number of rotatable bonds is 6. The van der Waals surface area contributed by atoms with Crippen molar-refractivity contribution in [2.75, 3.05) is 0 Å². The van der Waals surface area contributed by atoms with Crippen LogP contribution in [0.15, 0.2) is 28.7 Å². The monoisotopic (exact) mass is 315 g/mol. The number of carboxylic acids is 1. The molecule has 0 bridgehead atoms. The summed E-state index contributed by atoms with van der Waals surface area (Å²) in [4.78, 5) is 23.4. The van der Waals surface area contributed by atoms with Crippen LogP contribution in [-0.4, -0.2) is 33.2 Å². The van der Waals surface area contributed by atoms with E-state index in [1.807, 2.05) is 0 Å². The number of nitrogens with zero attached hydrogens (tertiary/aromatic N) is 2. The van der Waals surface area contributed by atoms with Gasteiger partial charge in [0.05, 0.1) is 0 Å². The number of carbonyl (C=O) groups excluding carboxylic acids is 1. The second kappa shape index (κ2) is 6.20. The number of hydrogen-bond donors (Lipinski definition) is 2. The number of aromatic nitrogens is 2. The number of carboxylic acid groups (broad SMARTS) is 1. The van der Waals surface area contributed by atoms with Gasteiger partial charge in [0.1, 0.15) is 6.04 Å². The summed E-state index contributed by atoms with van der Waals surface area (Å²) in [6.45, 7) is 1.70. The summed E-state index contributed by atoms with van der Waals surface area (Å²) in [5, 5.41) is 19.4. The Morgan fingerprint density at radius 2 is 2.00 bits per heavy atom. The van der Waals surface area contributed by atoms with Gasteiger partial charge in [0, 0.05) is 18.1 Å². The molecule has 0 saturated heterocycles. The van der Waals surface area contributed by atoms with Crippen LogP contribution in [0.2, 0.25) is 0 Å². The van der Waals surface area contributed by atoms with Crippen molar-refractivity contribution in [3.05, 3.63) is 35.7 Å². The van der Waals surface area contributed by atoms with Gasteiger partial charge in [-0.1, -0.05) is 12.8 Å². The molecule has 2 aromatic rings. The predicted octanol–water partition coefficient (Wildman–Crippen LogP) is 2.03. The Labute approximate surface area is 132 Å². The summed E-state index contributed by atoms with van der Waals surface area (Å²) in [6.07, 6.45) is 2.57. The Morgan fingerprint density at radius 1 is 1.30 bits per heavy atom. The number of nitrogens with one attached hydrogen (secondary N) is 1. The molecule has 7 heteroatoms. The highest BCUT2D eigenvalue weighted by molar-refractivity contribution is 5.96. The minimum atomic E-state index is -0.997. The molecule has 1 unspecified atom stereocenters. The Bertz CT molecular complexity index is 719. The zero-order valence-corrected chi connectivity index (χ0v) is 12.7. The normalized spacial score (nSPS) is 15.2. The molecule has 1 amide bonds. The van der Waals surface area contributed by atoms with Crippen LogP contribution in [0.1, 0.15) is 35.5 Å². The highest BCUT2D eigenvalue weighted by atomic mass is 16.4. The summed E-state index contributed by atoms with van der Waals surface area (Å²) in [6, 6.07) is 5.77.